The Labute approximate surface area is 130 Å². The van der Waals surface area contributed by atoms with Gasteiger partial charge in [0.2, 0.25) is 5.82 Å². The van der Waals surface area contributed by atoms with Crippen LogP contribution in [0.25, 0.3) is 11.2 Å². The molecule has 0 aliphatic heterocycles. The number of aromatic nitrogens is 4. The lowest BCUT2D eigenvalue weighted by Gasteiger charge is -2.04. The minimum atomic E-state index is -0.479. The Morgan fingerprint density at radius 1 is 1.09 bits per heavy atom. The van der Waals surface area contributed by atoms with Crippen LogP contribution in [0.5, 0.6) is 0 Å². The molecule has 2 aromatic rings. The van der Waals surface area contributed by atoms with E-state index in [1.807, 2.05) is 0 Å². The molecule has 6 heteroatoms. The van der Waals surface area contributed by atoms with E-state index in [1.165, 1.54) is 44.9 Å². The van der Waals surface area contributed by atoms with Crippen LogP contribution in [0.2, 0.25) is 0 Å². The number of rotatable bonds is 10. The maximum atomic E-state index is 11.8. The third-order valence-electron chi connectivity index (χ3n) is 3.59. The van der Waals surface area contributed by atoms with Gasteiger partial charge in [-0.25, -0.2) is 19.7 Å². The molecule has 2 rings (SSSR count). The summed E-state index contributed by atoms with van der Waals surface area (Å²) in [5, 5.41) is 0. The Balaban J connectivity index is 1.59. The molecule has 22 heavy (non-hydrogen) atoms. The van der Waals surface area contributed by atoms with Crippen molar-refractivity contribution in [2.45, 2.75) is 58.3 Å². The van der Waals surface area contributed by atoms with Crippen molar-refractivity contribution >= 4 is 17.1 Å². The monoisotopic (exact) mass is 304 g/mol. The number of carbonyl (C=O) groups excluding carboxylic acids is 1. The van der Waals surface area contributed by atoms with E-state index >= 15 is 0 Å². The number of imidazole rings is 1. The zero-order valence-electron chi connectivity index (χ0n) is 13.2. The van der Waals surface area contributed by atoms with E-state index < -0.39 is 5.97 Å². The van der Waals surface area contributed by atoms with Gasteiger partial charge in [0.25, 0.3) is 0 Å². The Hall–Kier alpha value is -1.98. The summed E-state index contributed by atoms with van der Waals surface area (Å²) in [6.07, 6.45) is 12.8. The summed E-state index contributed by atoms with van der Waals surface area (Å²) in [5.41, 5.74) is 1.19. The first-order valence-corrected chi connectivity index (χ1v) is 8.14. The molecule has 0 aliphatic rings. The SMILES string of the molecule is CCCCCCCCCCOC(=O)c1ncc2[nH]cnc2n1. The number of ether oxygens (including phenoxy) is 1. The zero-order valence-corrected chi connectivity index (χ0v) is 13.2. The van der Waals surface area contributed by atoms with Gasteiger partial charge in [-0.1, -0.05) is 51.9 Å². The van der Waals surface area contributed by atoms with Gasteiger partial charge in [-0.05, 0) is 6.42 Å². The minimum Gasteiger partial charge on any atom is -0.460 e. The second-order valence-electron chi connectivity index (χ2n) is 5.44. The van der Waals surface area contributed by atoms with Gasteiger partial charge in [-0.3, -0.25) is 0 Å². The van der Waals surface area contributed by atoms with Gasteiger partial charge in [0.1, 0.15) is 5.52 Å². The molecular formula is C16H24N4O2. The standard InChI is InChI=1S/C16H24N4O2/c1-2-3-4-5-6-7-8-9-10-22-16(21)15-17-11-13-14(20-15)19-12-18-13/h11-12H,2-10H2,1H3,(H,17,18,19,20). The highest BCUT2D eigenvalue weighted by molar-refractivity contribution is 5.87. The van der Waals surface area contributed by atoms with Crippen LogP contribution < -0.4 is 0 Å². The first-order valence-electron chi connectivity index (χ1n) is 8.14. The molecule has 0 aromatic carbocycles. The number of hydrogen-bond acceptors (Lipinski definition) is 5. The first kappa shape index (κ1) is 16.4. The highest BCUT2D eigenvalue weighted by Crippen LogP contribution is 2.09. The highest BCUT2D eigenvalue weighted by atomic mass is 16.5. The van der Waals surface area contributed by atoms with Gasteiger partial charge in [-0.15, -0.1) is 0 Å². The van der Waals surface area contributed by atoms with Crippen LogP contribution in [-0.2, 0) is 4.74 Å². The van der Waals surface area contributed by atoms with Crippen LogP contribution in [0.3, 0.4) is 0 Å². The molecule has 1 N–H and O–H groups in total. The van der Waals surface area contributed by atoms with Crippen molar-refractivity contribution in [3.63, 3.8) is 0 Å². The van der Waals surface area contributed by atoms with E-state index in [4.69, 9.17) is 4.74 Å². The van der Waals surface area contributed by atoms with Gasteiger partial charge >= 0.3 is 5.97 Å². The molecule has 0 bridgehead atoms. The third kappa shape index (κ3) is 5.09. The largest absolute Gasteiger partial charge is 0.460 e. The Kier molecular flexibility index (Phi) is 6.80. The van der Waals surface area contributed by atoms with Crippen LogP contribution in [0.15, 0.2) is 12.5 Å². The summed E-state index contributed by atoms with van der Waals surface area (Å²) in [6.45, 7) is 2.65. The summed E-state index contributed by atoms with van der Waals surface area (Å²) >= 11 is 0. The van der Waals surface area contributed by atoms with Gasteiger partial charge in [-0.2, -0.15) is 0 Å². The topological polar surface area (TPSA) is 80.8 Å². The second-order valence-corrected chi connectivity index (χ2v) is 5.44. The quantitative estimate of drug-likeness (QED) is 0.535. The molecule has 0 aliphatic carbocycles. The maximum Gasteiger partial charge on any atom is 0.376 e. The van der Waals surface area contributed by atoms with Crippen molar-refractivity contribution in [1.82, 2.24) is 19.9 Å². The Morgan fingerprint density at radius 2 is 1.82 bits per heavy atom. The van der Waals surface area contributed by atoms with E-state index in [2.05, 4.69) is 26.9 Å². The lowest BCUT2D eigenvalue weighted by Crippen LogP contribution is -2.10. The molecule has 0 spiro atoms. The van der Waals surface area contributed by atoms with Gasteiger partial charge in [0.15, 0.2) is 5.65 Å². The van der Waals surface area contributed by atoms with E-state index in [0.717, 1.165) is 12.8 Å². The number of H-pyrrole nitrogens is 1. The summed E-state index contributed by atoms with van der Waals surface area (Å²) < 4.78 is 5.20. The van der Waals surface area contributed by atoms with Crippen molar-refractivity contribution in [3.8, 4) is 0 Å². The Bertz CT molecular complexity index is 582. The minimum absolute atomic E-state index is 0.0687. The molecule has 0 saturated heterocycles. The molecule has 0 radical (unpaired) electrons. The molecule has 0 fully saturated rings. The molecule has 2 aromatic heterocycles. The average Bonchev–Trinajstić information content (AvgIpc) is 3.00. The smallest absolute Gasteiger partial charge is 0.376 e. The molecule has 0 saturated carbocycles. The lowest BCUT2D eigenvalue weighted by molar-refractivity contribution is 0.0483. The summed E-state index contributed by atoms with van der Waals surface area (Å²) in [6, 6.07) is 0. The fraction of sp³-hybridized carbons (Fsp3) is 0.625. The normalized spacial score (nSPS) is 11.0. The van der Waals surface area contributed by atoms with E-state index in [1.54, 1.807) is 6.20 Å². The van der Waals surface area contributed by atoms with Crippen LogP contribution in [-0.4, -0.2) is 32.5 Å². The van der Waals surface area contributed by atoms with Gasteiger partial charge < -0.3 is 9.72 Å². The molecule has 0 atom stereocenters. The molecule has 120 valence electrons. The summed E-state index contributed by atoms with van der Waals surface area (Å²) in [4.78, 5) is 26.8. The van der Waals surface area contributed by atoms with Crippen LogP contribution >= 0.6 is 0 Å². The number of nitrogens with one attached hydrogen (secondary N) is 1. The van der Waals surface area contributed by atoms with Crippen LogP contribution in [0, 0.1) is 0 Å². The number of nitrogens with zero attached hydrogens (tertiary/aromatic N) is 3. The van der Waals surface area contributed by atoms with Crippen molar-refractivity contribution in [2.24, 2.45) is 0 Å². The number of esters is 1. The molecule has 6 nitrogen and oxygen atoms in total. The van der Waals surface area contributed by atoms with E-state index in [0.29, 0.717) is 17.8 Å². The van der Waals surface area contributed by atoms with Crippen molar-refractivity contribution in [2.75, 3.05) is 6.61 Å². The van der Waals surface area contributed by atoms with E-state index in [-0.39, 0.29) is 5.82 Å². The third-order valence-corrected chi connectivity index (χ3v) is 3.59. The highest BCUT2D eigenvalue weighted by Gasteiger charge is 2.12. The lowest BCUT2D eigenvalue weighted by atomic mass is 10.1. The van der Waals surface area contributed by atoms with Crippen molar-refractivity contribution in [1.29, 1.82) is 0 Å². The number of carbonyl (C=O) groups is 1. The van der Waals surface area contributed by atoms with Crippen molar-refractivity contribution in [3.05, 3.63) is 18.3 Å². The summed E-state index contributed by atoms with van der Waals surface area (Å²) in [7, 11) is 0. The van der Waals surface area contributed by atoms with Gasteiger partial charge in [0.05, 0.1) is 19.1 Å². The van der Waals surface area contributed by atoms with Crippen molar-refractivity contribution < 1.29 is 9.53 Å². The summed E-state index contributed by atoms with van der Waals surface area (Å²) in [5.74, 6) is -0.410. The predicted octanol–water partition coefficient (Wildman–Crippen LogP) is 3.65. The Morgan fingerprint density at radius 3 is 2.59 bits per heavy atom. The van der Waals surface area contributed by atoms with Crippen LogP contribution in [0.4, 0.5) is 0 Å². The number of unbranched alkanes of at least 4 members (excludes halogenated alkanes) is 7. The van der Waals surface area contributed by atoms with Crippen LogP contribution in [0.1, 0.15) is 68.9 Å². The second kappa shape index (κ2) is 9.12. The molecule has 2 heterocycles. The average molecular weight is 304 g/mol. The predicted molar refractivity (Wildman–Crippen MR) is 84.6 cm³/mol. The van der Waals surface area contributed by atoms with E-state index in [9.17, 15) is 4.79 Å². The molecule has 0 amide bonds. The number of fused-ring (bicyclic) bond motifs is 1. The molecular weight excluding hydrogens is 280 g/mol. The number of aromatic amines is 1. The first-order chi connectivity index (χ1) is 10.8. The maximum absolute atomic E-state index is 11.8. The number of hydrogen-bond donors (Lipinski definition) is 1. The molecule has 0 unspecified atom stereocenters. The zero-order chi connectivity index (χ0) is 15.6. The fourth-order valence-corrected chi connectivity index (χ4v) is 2.30. The fourth-order valence-electron chi connectivity index (χ4n) is 2.30. The van der Waals surface area contributed by atoms with Gasteiger partial charge in [0, 0.05) is 0 Å².